The number of allylic oxidation sites excluding steroid dienone is 4. The SMILES string of the molecule is CC=CCCC1CCC(C2CCC(C3CC=C(c4ccc(CCC)c(F)c4F)CC3)CC2)CC1. The van der Waals surface area contributed by atoms with Crippen molar-refractivity contribution in [3.05, 3.63) is 53.1 Å². The van der Waals surface area contributed by atoms with Crippen LogP contribution in [-0.2, 0) is 6.42 Å². The average Bonchev–Trinajstić information content (AvgIpc) is 2.88. The summed E-state index contributed by atoms with van der Waals surface area (Å²) in [5.74, 6) is 3.21. The fourth-order valence-electron chi connectivity index (χ4n) is 7.36. The van der Waals surface area contributed by atoms with Crippen LogP contribution in [0, 0.1) is 41.2 Å². The minimum atomic E-state index is -0.632. The molecule has 0 amide bonds. The second-order valence-corrected chi connectivity index (χ2v) is 11.5. The molecule has 1 atom stereocenters. The molecule has 34 heavy (non-hydrogen) atoms. The first-order chi connectivity index (χ1) is 16.6. The molecule has 0 heterocycles. The summed E-state index contributed by atoms with van der Waals surface area (Å²) in [6, 6.07) is 3.61. The van der Waals surface area contributed by atoms with Crippen LogP contribution in [0.1, 0.15) is 115 Å². The number of aryl methyl sites for hydroxylation is 1. The van der Waals surface area contributed by atoms with Crippen LogP contribution in [0.15, 0.2) is 30.4 Å². The molecule has 0 aliphatic heterocycles. The number of hydrogen-bond acceptors (Lipinski definition) is 0. The molecule has 2 saturated carbocycles. The Labute approximate surface area is 207 Å². The molecule has 0 nitrogen and oxygen atoms in total. The molecule has 0 saturated heterocycles. The standard InChI is InChI=1S/C32H46F2/c1-3-5-6-8-23-9-11-24(12-10-23)25-13-15-26(16-14-25)27-17-19-28(20-18-27)30-22-21-29(7-4-2)31(33)32(30)34/h3,5,19,21-27H,4,6-18,20H2,1-2H3. The van der Waals surface area contributed by atoms with Crippen LogP contribution >= 0.6 is 0 Å². The monoisotopic (exact) mass is 468 g/mol. The van der Waals surface area contributed by atoms with Gasteiger partial charge >= 0.3 is 0 Å². The van der Waals surface area contributed by atoms with Gasteiger partial charge in [-0.2, -0.15) is 0 Å². The Morgan fingerprint density at radius 1 is 0.824 bits per heavy atom. The molecular weight excluding hydrogens is 422 g/mol. The van der Waals surface area contributed by atoms with Gasteiger partial charge in [0.05, 0.1) is 0 Å². The van der Waals surface area contributed by atoms with Crippen LogP contribution in [0.4, 0.5) is 8.78 Å². The predicted molar refractivity (Wildman–Crippen MR) is 141 cm³/mol. The zero-order valence-corrected chi connectivity index (χ0v) is 21.6. The van der Waals surface area contributed by atoms with E-state index in [4.69, 9.17) is 0 Å². The third kappa shape index (κ3) is 6.21. The Hall–Kier alpha value is -1.44. The van der Waals surface area contributed by atoms with E-state index in [0.29, 0.717) is 17.5 Å². The van der Waals surface area contributed by atoms with Gasteiger partial charge < -0.3 is 0 Å². The maximum atomic E-state index is 14.7. The third-order valence-electron chi connectivity index (χ3n) is 9.50. The smallest absolute Gasteiger partial charge is 0.166 e. The van der Waals surface area contributed by atoms with Crippen molar-refractivity contribution in [3.8, 4) is 0 Å². The molecule has 0 radical (unpaired) electrons. The largest absolute Gasteiger partial charge is 0.203 e. The van der Waals surface area contributed by atoms with Crippen LogP contribution in [0.5, 0.6) is 0 Å². The fraction of sp³-hybridized carbons (Fsp3) is 0.688. The van der Waals surface area contributed by atoms with Gasteiger partial charge in [0, 0.05) is 5.56 Å². The first-order valence-electron chi connectivity index (χ1n) is 14.4. The molecule has 1 aromatic rings. The van der Waals surface area contributed by atoms with Crippen LogP contribution in [0.3, 0.4) is 0 Å². The van der Waals surface area contributed by atoms with Gasteiger partial charge in [0.2, 0.25) is 0 Å². The molecule has 188 valence electrons. The highest BCUT2D eigenvalue weighted by Gasteiger charge is 2.34. The van der Waals surface area contributed by atoms with E-state index >= 15 is 0 Å². The van der Waals surface area contributed by atoms with Crippen LogP contribution in [0.2, 0.25) is 0 Å². The highest BCUT2D eigenvalue weighted by molar-refractivity contribution is 5.67. The van der Waals surface area contributed by atoms with E-state index in [-0.39, 0.29) is 0 Å². The quantitative estimate of drug-likeness (QED) is 0.333. The fourth-order valence-corrected chi connectivity index (χ4v) is 7.36. The van der Waals surface area contributed by atoms with Gasteiger partial charge in [-0.25, -0.2) is 8.78 Å². The van der Waals surface area contributed by atoms with Gasteiger partial charge in [0.15, 0.2) is 11.6 Å². The lowest BCUT2D eigenvalue weighted by molar-refractivity contribution is 0.121. The molecule has 0 N–H and O–H groups in total. The Balaban J connectivity index is 1.24. The molecule has 2 heteroatoms. The van der Waals surface area contributed by atoms with Gasteiger partial charge in [0.25, 0.3) is 0 Å². The minimum absolute atomic E-state index is 0.501. The molecule has 3 aliphatic rings. The van der Waals surface area contributed by atoms with Crippen molar-refractivity contribution in [3.63, 3.8) is 0 Å². The topological polar surface area (TPSA) is 0 Å². The average molecular weight is 469 g/mol. The second kappa shape index (κ2) is 12.5. The highest BCUT2D eigenvalue weighted by atomic mass is 19.2. The summed E-state index contributed by atoms with van der Waals surface area (Å²) in [5.41, 5.74) is 2.04. The Morgan fingerprint density at radius 3 is 2.06 bits per heavy atom. The third-order valence-corrected chi connectivity index (χ3v) is 9.50. The summed E-state index contributed by atoms with van der Waals surface area (Å²) in [7, 11) is 0. The maximum absolute atomic E-state index is 14.7. The van der Waals surface area contributed by atoms with Crippen molar-refractivity contribution in [2.45, 2.75) is 110 Å². The molecule has 4 rings (SSSR count). The Morgan fingerprint density at radius 2 is 1.47 bits per heavy atom. The molecule has 0 aromatic heterocycles. The summed E-state index contributed by atoms with van der Waals surface area (Å²) in [6.45, 7) is 4.13. The summed E-state index contributed by atoms with van der Waals surface area (Å²) < 4.78 is 29.2. The lowest BCUT2D eigenvalue weighted by atomic mass is 9.65. The zero-order chi connectivity index (χ0) is 23.9. The van der Waals surface area contributed by atoms with Crippen molar-refractivity contribution >= 4 is 5.57 Å². The number of hydrogen-bond donors (Lipinski definition) is 0. The van der Waals surface area contributed by atoms with Crippen molar-refractivity contribution in [1.29, 1.82) is 0 Å². The summed E-state index contributed by atoms with van der Waals surface area (Å²) >= 11 is 0. The first-order valence-corrected chi connectivity index (χ1v) is 14.4. The van der Waals surface area contributed by atoms with Crippen LogP contribution in [0.25, 0.3) is 5.57 Å². The van der Waals surface area contributed by atoms with Gasteiger partial charge in [-0.15, -0.1) is 0 Å². The lowest BCUT2D eigenvalue weighted by Crippen LogP contribution is -2.28. The Kier molecular flexibility index (Phi) is 9.43. The van der Waals surface area contributed by atoms with Crippen molar-refractivity contribution in [2.24, 2.45) is 29.6 Å². The van der Waals surface area contributed by atoms with Crippen molar-refractivity contribution in [2.75, 3.05) is 0 Å². The Bertz CT molecular complexity index is 835. The van der Waals surface area contributed by atoms with Gasteiger partial charge in [-0.3, -0.25) is 0 Å². The molecule has 2 fully saturated rings. The van der Waals surface area contributed by atoms with E-state index in [9.17, 15) is 8.78 Å². The van der Waals surface area contributed by atoms with E-state index in [1.165, 1.54) is 64.2 Å². The van der Waals surface area contributed by atoms with Gasteiger partial charge in [0.1, 0.15) is 0 Å². The van der Waals surface area contributed by atoms with Gasteiger partial charge in [-0.05, 0) is 125 Å². The van der Waals surface area contributed by atoms with Crippen molar-refractivity contribution in [1.82, 2.24) is 0 Å². The molecular formula is C32H46F2. The molecule has 0 bridgehead atoms. The normalized spacial score (nSPS) is 30.5. The molecule has 1 aromatic carbocycles. The van der Waals surface area contributed by atoms with Crippen LogP contribution in [-0.4, -0.2) is 0 Å². The predicted octanol–water partition coefficient (Wildman–Crippen LogP) is 10.1. The van der Waals surface area contributed by atoms with E-state index in [1.807, 2.05) is 13.0 Å². The number of benzene rings is 1. The van der Waals surface area contributed by atoms with Gasteiger partial charge in [-0.1, -0.05) is 56.5 Å². The molecule has 3 aliphatic carbocycles. The minimum Gasteiger partial charge on any atom is -0.203 e. The van der Waals surface area contributed by atoms with E-state index in [0.717, 1.165) is 60.8 Å². The van der Waals surface area contributed by atoms with Crippen LogP contribution < -0.4 is 0 Å². The number of halogens is 2. The summed E-state index contributed by atoms with van der Waals surface area (Å²) in [5, 5.41) is 0. The second-order valence-electron chi connectivity index (χ2n) is 11.5. The van der Waals surface area contributed by atoms with E-state index < -0.39 is 11.6 Å². The summed E-state index contributed by atoms with van der Waals surface area (Å²) in [4.78, 5) is 0. The maximum Gasteiger partial charge on any atom is 0.166 e. The van der Waals surface area contributed by atoms with E-state index in [2.05, 4.69) is 25.2 Å². The van der Waals surface area contributed by atoms with Crippen molar-refractivity contribution < 1.29 is 8.78 Å². The first kappa shape index (κ1) is 25.6. The number of rotatable bonds is 8. The summed E-state index contributed by atoms with van der Waals surface area (Å²) in [6.07, 6.45) is 25.3. The zero-order valence-electron chi connectivity index (χ0n) is 21.6. The molecule has 1 unspecified atom stereocenters. The van der Waals surface area contributed by atoms with E-state index in [1.54, 1.807) is 6.07 Å². The lowest BCUT2D eigenvalue weighted by Gasteiger charge is -2.40. The molecule has 0 spiro atoms. The highest BCUT2D eigenvalue weighted by Crippen LogP contribution is 2.46.